The van der Waals surface area contributed by atoms with Gasteiger partial charge < -0.3 is 19.5 Å². The number of halogens is 1. The zero-order valence-corrected chi connectivity index (χ0v) is 13.3. The van der Waals surface area contributed by atoms with Gasteiger partial charge in [0, 0.05) is 28.3 Å². The molecule has 1 aliphatic heterocycles. The van der Waals surface area contributed by atoms with Gasteiger partial charge in [0.25, 0.3) is 0 Å². The summed E-state index contributed by atoms with van der Waals surface area (Å²) in [6.45, 7) is 3.60. The summed E-state index contributed by atoms with van der Waals surface area (Å²) in [7, 11) is 0. The van der Waals surface area contributed by atoms with Crippen LogP contribution in [-0.2, 0) is 6.54 Å². The topological polar surface area (TPSA) is 39.7 Å². The van der Waals surface area contributed by atoms with E-state index in [1.165, 1.54) is 0 Å². The van der Waals surface area contributed by atoms with Crippen molar-refractivity contribution in [1.29, 1.82) is 0 Å². The van der Waals surface area contributed by atoms with Gasteiger partial charge in [-0.25, -0.2) is 0 Å². The van der Waals surface area contributed by atoms with Crippen molar-refractivity contribution in [2.75, 3.05) is 18.7 Å². The van der Waals surface area contributed by atoms with Gasteiger partial charge in [0.05, 0.1) is 6.61 Å². The molecule has 2 aromatic rings. The number of hydrogen-bond acceptors (Lipinski definition) is 4. The number of anilines is 1. The first-order valence-electron chi connectivity index (χ1n) is 6.81. The maximum absolute atomic E-state index is 5.65. The summed E-state index contributed by atoms with van der Waals surface area (Å²) in [5, 5.41) is 3.38. The molecule has 0 saturated heterocycles. The molecule has 0 bridgehead atoms. The Balaban J connectivity index is 1.74. The number of benzene rings is 2. The van der Waals surface area contributed by atoms with Crippen molar-refractivity contribution in [2.45, 2.75) is 13.5 Å². The SMILES string of the molecule is CCOc1ccc(Br)cc1CNc1ccc2c(c1)OCO2. The van der Waals surface area contributed by atoms with Crippen LogP contribution in [0.2, 0.25) is 0 Å². The fourth-order valence-electron chi connectivity index (χ4n) is 2.19. The lowest BCUT2D eigenvalue weighted by Crippen LogP contribution is -2.03. The number of fused-ring (bicyclic) bond motifs is 1. The molecule has 21 heavy (non-hydrogen) atoms. The van der Waals surface area contributed by atoms with Crippen molar-refractivity contribution in [3.63, 3.8) is 0 Å². The predicted octanol–water partition coefficient (Wildman–Crippen LogP) is 4.19. The Labute approximate surface area is 132 Å². The van der Waals surface area contributed by atoms with E-state index in [9.17, 15) is 0 Å². The highest BCUT2D eigenvalue weighted by Gasteiger charge is 2.13. The Morgan fingerprint density at radius 2 is 2.00 bits per heavy atom. The lowest BCUT2D eigenvalue weighted by molar-refractivity contribution is 0.174. The molecular formula is C16H16BrNO3. The average molecular weight is 350 g/mol. The first-order valence-corrected chi connectivity index (χ1v) is 7.60. The van der Waals surface area contributed by atoms with Gasteiger partial charge in [-0.15, -0.1) is 0 Å². The van der Waals surface area contributed by atoms with E-state index < -0.39 is 0 Å². The zero-order valence-electron chi connectivity index (χ0n) is 11.7. The number of ether oxygens (including phenoxy) is 3. The molecule has 110 valence electrons. The summed E-state index contributed by atoms with van der Waals surface area (Å²) in [6.07, 6.45) is 0. The molecule has 0 unspecified atom stereocenters. The molecule has 0 radical (unpaired) electrons. The smallest absolute Gasteiger partial charge is 0.231 e. The summed E-state index contributed by atoms with van der Waals surface area (Å²) < 4.78 is 17.4. The van der Waals surface area contributed by atoms with Gasteiger partial charge in [-0.05, 0) is 37.3 Å². The monoisotopic (exact) mass is 349 g/mol. The van der Waals surface area contributed by atoms with E-state index in [1.54, 1.807) is 0 Å². The van der Waals surface area contributed by atoms with Crippen LogP contribution in [0.1, 0.15) is 12.5 Å². The van der Waals surface area contributed by atoms with E-state index in [2.05, 4.69) is 27.3 Å². The van der Waals surface area contributed by atoms with Gasteiger partial charge in [-0.2, -0.15) is 0 Å². The van der Waals surface area contributed by atoms with Crippen molar-refractivity contribution < 1.29 is 14.2 Å². The largest absolute Gasteiger partial charge is 0.494 e. The second-order valence-electron chi connectivity index (χ2n) is 4.61. The zero-order chi connectivity index (χ0) is 14.7. The van der Waals surface area contributed by atoms with Crippen molar-refractivity contribution >= 4 is 21.6 Å². The van der Waals surface area contributed by atoms with Gasteiger partial charge >= 0.3 is 0 Å². The van der Waals surface area contributed by atoms with Gasteiger partial charge in [0.15, 0.2) is 11.5 Å². The predicted molar refractivity (Wildman–Crippen MR) is 85.2 cm³/mol. The normalized spacial score (nSPS) is 12.3. The van der Waals surface area contributed by atoms with Gasteiger partial charge in [-0.1, -0.05) is 15.9 Å². The molecule has 3 rings (SSSR count). The van der Waals surface area contributed by atoms with Crippen molar-refractivity contribution in [3.8, 4) is 17.2 Å². The van der Waals surface area contributed by atoms with Crippen LogP contribution in [0.15, 0.2) is 40.9 Å². The molecule has 1 aliphatic rings. The minimum absolute atomic E-state index is 0.291. The lowest BCUT2D eigenvalue weighted by Gasteiger charge is -2.12. The second-order valence-corrected chi connectivity index (χ2v) is 5.52. The molecule has 1 heterocycles. The van der Waals surface area contributed by atoms with E-state index in [-0.39, 0.29) is 0 Å². The fraction of sp³-hybridized carbons (Fsp3) is 0.250. The van der Waals surface area contributed by atoms with Gasteiger partial charge in [0.2, 0.25) is 6.79 Å². The van der Waals surface area contributed by atoms with Crippen molar-refractivity contribution in [1.82, 2.24) is 0 Å². The first kappa shape index (κ1) is 14.1. The van der Waals surface area contributed by atoms with E-state index >= 15 is 0 Å². The number of rotatable bonds is 5. The van der Waals surface area contributed by atoms with Crippen LogP contribution in [-0.4, -0.2) is 13.4 Å². The number of nitrogens with one attached hydrogen (secondary N) is 1. The minimum Gasteiger partial charge on any atom is -0.494 e. The third kappa shape index (κ3) is 3.24. The lowest BCUT2D eigenvalue weighted by atomic mass is 10.2. The minimum atomic E-state index is 0.291. The van der Waals surface area contributed by atoms with Crippen LogP contribution in [0.4, 0.5) is 5.69 Å². The highest BCUT2D eigenvalue weighted by atomic mass is 79.9. The molecular weight excluding hydrogens is 334 g/mol. The second kappa shape index (κ2) is 6.26. The molecule has 0 atom stereocenters. The third-order valence-corrected chi connectivity index (χ3v) is 3.67. The summed E-state index contributed by atoms with van der Waals surface area (Å²) in [4.78, 5) is 0. The Bertz CT molecular complexity index is 645. The molecule has 0 saturated carbocycles. The Morgan fingerprint density at radius 3 is 2.86 bits per heavy atom. The van der Waals surface area contributed by atoms with Crippen LogP contribution in [0.3, 0.4) is 0 Å². The van der Waals surface area contributed by atoms with Gasteiger partial charge in [0.1, 0.15) is 5.75 Å². The summed E-state index contributed by atoms with van der Waals surface area (Å²) in [5.41, 5.74) is 2.09. The quantitative estimate of drug-likeness (QED) is 0.878. The van der Waals surface area contributed by atoms with E-state index in [1.807, 2.05) is 37.3 Å². The molecule has 0 amide bonds. The van der Waals surface area contributed by atoms with Crippen LogP contribution >= 0.6 is 15.9 Å². The molecule has 2 aromatic carbocycles. The number of hydrogen-bond donors (Lipinski definition) is 1. The summed E-state index contributed by atoms with van der Waals surface area (Å²) in [6, 6.07) is 11.9. The summed E-state index contributed by atoms with van der Waals surface area (Å²) in [5.74, 6) is 2.46. The van der Waals surface area contributed by atoms with Crippen LogP contribution in [0.25, 0.3) is 0 Å². The van der Waals surface area contributed by atoms with Gasteiger partial charge in [-0.3, -0.25) is 0 Å². The molecule has 5 heteroatoms. The Hall–Kier alpha value is -1.88. The molecule has 4 nitrogen and oxygen atoms in total. The van der Waals surface area contributed by atoms with E-state index in [0.717, 1.165) is 33.0 Å². The highest BCUT2D eigenvalue weighted by molar-refractivity contribution is 9.10. The fourth-order valence-corrected chi connectivity index (χ4v) is 2.59. The summed E-state index contributed by atoms with van der Waals surface area (Å²) >= 11 is 3.49. The Morgan fingerprint density at radius 1 is 1.14 bits per heavy atom. The molecule has 0 aliphatic carbocycles. The molecule has 1 N–H and O–H groups in total. The van der Waals surface area contributed by atoms with E-state index in [0.29, 0.717) is 19.9 Å². The maximum atomic E-state index is 5.65. The van der Waals surface area contributed by atoms with Crippen molar-refractivity contribution in [2.24, 2.45) is 0 Å². The third-order valence-electron chi connectivity index (χ3n) is 3.18. The molecule has 0 fully saturated rings. The van der Waals surface area contributed by atoms with Crippen LogP contribution in [0.5, 0.6) is 17.2 Å². The average Bonchev–Trinajstić information content (AvgIpc) is 2.95. The standard InChI is InChI=1S/C16H16BrNO3/c1-2-19-14-5-3-12(17)7-11(14)9-18-13-4-6-15-16(8-13)21-10-20-15/h3-8,18H,2,9-10H2,1H3. The maximum Gasteiger partial charge on any atom is 0.231 e. The highest BCUT2D eigenvalue weighted by Crippen LogP contribution is 2.34. The van der Waals surface area contributed by atoms with Crippen LogP contribution in [0, 0.1) is 0 Å². The van der Waals surface area contributed by atoms with Crippen LogP contribution < -0.4 is 19.5 Å². The van der Waals surface area contributed by atoms with E-state index in [4.69, 9.17) is 14.2 Å². The first-order chi connectivity index (χ1) is 10.3. The Kier molecular flexibility index (Phi) is 4.20. The van der Waals surface area contributed by atoms with Crippen molar-refractivity contribution in [3.05, 3.63) is 46.4 Å². The molecule has 0 aromatic heterocycles. The molecule has 0 spiro atoms.